The molecular weight excluding hydrogens is 376 g/mol. The average Bonchev–Trinajstić information content (AvgIpc) is 3.06. The summed E-state index contributed by atoms with van der Waals surface area (Å²) in [7, 11) is 0. The highest BCUT2D eigenvalue weighted by Crippen LogP contribution is 2.21. The third-order valence-electron chi connectivity index (χ3n) is 4.05. The van der Waals surface area contributed by atoms with Gasteiger partial charge in [0, 0.05) is 10.6 Å². The van der Waals surface area contributed by atoms with Gasteiger partial charge in [-0.3, -0.25) is 4.79 Å². The zero-order valence-electron chi connectivity index (χ0n) is 15.7. The number of anilines is 1. The monoisotopic (exact) mass is 394 g/mol. The second-order valence-corrected chi connectivity index (χ2v) is 7.87. The van der Waals surface area contributed by atoms with Crippen molar-refractivity contribution in [1.29, 1.82) is 0 Å². The van der Waals surface area contributed by atoms with E-state index in [-0.39, 0.29) is 16.6 Å². The molecular formula is C20H19ClN6O. The van der Waals surface area contributed by atoms with Gasteiger partial charge in [-0.1, -0.05) is 35.0 Å². The van der Waals surface area contributed by atoms with Crippen LogP contribution in [0.3, 0.4) is 0 Å². The first kappa shape index (κ1) is 18.2. The number of hydrogen-bond acceptors (Lipinski definition) is 5. The van der Waals surface area contributed by atoms with Gasteiger partial charge in [0.2, 0.25) is 5.95 Å². The van der Waals surface area contributed by atoms with Crippen molar-refractivity contribution in [1.82, 2.24) is 24.5 Å². The van der Waals surface area contributed by atoms with E-state index in [1.54, 1.807) is 24.3 Å². The Morgan fingerprint density at radius 3 is 2.29 bits per heavy atom. The fourth-order valence-corrected chi connectivity index (χ4v) is 2.99. The van der Waals surface area contributed by atoms with E-state index in [1.165, 1.54) is 9.25 Å². The first-order chi connectivity index (χ1) is 13.3. The fourth-order valence-electron chi connectivity index (χ4n) is 2.86. The quantitative estimate of drug-likeness (QED) is 0.571. The van der Waals surface area contributed by atoms with E-state index in [4.69, 9.17) is 16.6 Å². The highest BCUT2D eigenvalue weighted by molar-refractivity contribution is 6.30. The van der Waals surface area contributed by atoms with Crippen molar-refractivity contribution >= 4 is 28.7 Å². The summed E-state index contributed by atoms with van der Waals surface area (Å²) in [6.45, 7) is 6.02. The number of hydrogen-bond donors (Lipinski definition) is 1. The van der Waals surface area contributed by atoms with E-state index < -0.39 is 0 Å². The summed E-state index contributed by atoms with van der Waals surface area (Å²) in [6.07, 6.45) is 0. The molecule has 28 heavy (non-hydrogen) atoms. The van der Waals surface area contributed by atoms with Crippen LogP contribution in [0.5, 0.6) is 0 Å². The molecule has 8 heteroatoms. The summed E-state index contributed by atoms with van der Waals surface area (Å²) < 4.78 is 3.06. The number of rotatable bonds is 3. The summed E-state index contributed by atoms with van der Waals surface area (Å²) in [5, 5.41) is 12.2. The standard InChI is InChI=1S/C20H19ClN6O/c1-20(2,3)23-19-22-17-16(18(28)26(19)14-7-5-4-6-8-14)24-25-27(17)15-11-9-13(21)10-12-15/h4-12H,1-3H3,(H,22,23). The van der Waals surface area contributed by atoms with Crippen LogP contribution in [0.4, 0.5) is 5.95 Å². The Kier molecular flexibility index (Phi) is 4.39. The van der Waals surface area contributed by atoms with Crippen molar-refractivity contribution in [3.05, 3.63) is 70.0 Å². The minimum atomic E-state index is -0.303. The average molecular weight is 395 g/mol. The Balaban J connectivity index is 2.00. The summed E-state index contributed by atoms with van der Waals surface area (Å²) in [6, 6.07) is 16.5. The van der Waals surface area contributed by atoms with Crippen LogP contribution in [0.1, 0.15) is 20.8 Å². The number of benzene rings is 2. The summed E-state index contributed by atoms with van der Waals surface area (Å²) >= 11 is 5.98. The lowest BCUT2D eigenvalue weighted by atomic mass is 10.1. The lowest BCUT2D eigenvalue weighted by Crippen LogP contribution is -2.32. The normalized spacial score (nSPS) is 11.7. The Morgan fingerprint density at radius 1 is 0.964 bits per heavy atom. The van der Waals surface area contributed by atoms with E-state index >= 15 is 0 Å². The first-order valence-electron chi connectivity index (χ1n) is 8.81. The summed E-state index contributed by atoms with van der Waals surface area (Å²) in [4.78, 5) is 18.0. The van der Waals surface area contributed by atoms with Crippen molar-refractivity contribution in [3.63, 3.8) is 0 Å². The molecule has 4 rings (SSSR count). The zero-order chi connectivity index (χ0) is 19.9. The third-order valence-corrected chi connectivity index (χ3v) is 4.30. The van der Waals surface area contributed by atoms with Gasteiger partial charge >= 0.3 is 0 Å². The SMILES string of the molecule is CC(C)(C)Nc1nc2c(nnn2-c2ccc(Cl)cc2)c(=O)n1-c1ccccc1. The largest absolute Gasteiger partial charge is 0.351 e. The zero-order valence-corrected chi connectivity index (χ0v) is 16.5. The molecule has 0 unspecified atom stereocenters. The van der Waals surface area contributed by atoms with Crippen LogP contribution >= 0.6 is 11.6 Å². The van der Waals surface area contributed by atoms with E-state index in [2.05, 4.69) is 15.6 Å². The molecule has 2 aromatic carbocycles. The number of nitrogens with one attached hydrogen (secondary N) is 1. The lowest BCUT2D eigenvalue weighted by molar-refractivity contribution is 0.621. The van der Waals surface area contributed by atoms with Gasteiger partial charge in [0.15, 0.2) is 11.2 Å². The number of para-hydroxylation sites is 1. The van der Waals surface area contributed by atoms with E-state index in [0.717, 1.165) is 5.69 Å². The third kappa shape index (κ3) is 3.36. The van der Waals surface area contributed by atoms with E-state index in [9.17, 15) is 4.79 Å². The van der Waals surface area contributed by atoms with Gasteiger partial charge in [0.05, 0.1) is 11.4 Å². The molecule has 0 aliphatic heterocycles. The predicted octanol–water partition coefficient (Wildman–Crippen LogP) is 3.83. The highest BCUT2D eigenvalue weighted by Gasteiger charge is 2.21. The van der Waals surface area contributed by atoms with Gasteiger partial charge in [0.1, 0.15) is 0 Å². The van der Waals surface area contributed by atoms with Crippen LogP contribution in [0.2, 0.25) is 5.02 Å². The number of aromatic nitrogens is 5. The molecule has 0 saturated heterocycles. The molecule has 0 bridgehead atoms. The minimum absolute atomic E-state index is 0.193. The molecule has 0 spiro atoms. The molecule has 0 saturated carbocycles. The maximum Gasteiger partial charge on any atom is 0.289 e. The maximum atomic E-state index is 13.3. The van der Waals surface area contributed by atoms with E-state index in [1.807, 2.05) is 51.1 Å². The van der Waals surface area contributed by atoms with Crippen molar-refractivity contribution in [2.75, 3.05) is 5.32 Å². The van der Waals surface area contributed by atoms with Gasteiger partial charge < -0.3 is 5.32 Å². The molecule has 0 aliphatic rings. The van der Waals surface area contributed by atoms with Gasteiger partial charge in [-0.2, -0.15) is 9.67 Å². The maximum absolute atomic E-state index is 13.3. The van der Waals surface area contributed by atoms with Gasteiger partial charge in [0.25, 0.3) is 5.56 Å². The molecule has 0 fully saturated rings. The highest BCUT2D eigenvalue weighted by atomic mass is 35.5. The van der Waals surface area contributed by atoms with Crippen LogP contribution in [0, 0.1) is 0 Å². The molecule has 4 aromatic rings. The van der Waals surface area contributed by atoms with Crippen molar-refractivity contribution in [3.8, 4) is 11.4 Å². The van der Waals surface area contributed by atoms with Gasteiger partial charge in [-0.25, -0.2) is 4.57 Å². The second kappa shape index (κ2) is 6.76. The number of nitrogens with zero attached hydrogens (tertiary/aromatic N) is 5. The molecule has 2 aromatic heterocycles. The Bertz CT molecular complexity index is 1190. The fraction of sp³-hybridized carbons (Fsp3) is 0.200. The molecule has 1 N–H and O–H groups in total. The van der Waals surface area contributed by atoms with Crippen LogP contribution in [0.25, 0.3) is 22.5 Å². The first-order valence-corrected chi connectivity index (χ1v) is 9.19. The Hall–Kier alpha value is -3.19. The second-order valence-electron chi connectivity index (χ2n) is 7.44. The minimum Gasteiger partial charge on any atom is -0.351 e. The predicted molar refractivity (Wildman–Crippen MR) is 111 cm³/mol. The van der Waals surface area contributed by atoms with Crippen LogP contribution in [0.15, 0.2) is 59.4 Å². The summed E-state index contributed by atoms with van der Waals surface area (Å²) in [5.74, 6) is 0.425. The molecule has 0 radical (unpaired) electrons. The smallest absolute Gasteiger partial charge is 0.289 e. The molecule has 0 aliphatic carbocycles. The molecule has 2 heterocycles. The molecule has 142 valence electrons. The number of fused-ring (bicyclic) bond motifs is 1. The van der Waals surface area contributed by atoms with E-state index in [0.29, 0.717) is 22.3 Å². The van der Waals surface area contributed by atoms with Crippen LogP contribution < -0.4 is 10.9 Å². The van der Waals surface area contributed by atoms with Crippen LogP contribution in [-0.2, 0) is 0 Å². The van der Waals surface area contributed by atoms with Crippen molar-refractivity contribution < 1.29 is 0 Å². The van der Waals surface area contributed by atoms with Crippen molar-refractivity contribution in [2.45, 2.75) is 26.3 Å². The number of halogens is 1. The molecule has 0 amide bonds. The molecule has 0 atom stereocenters. The summed E-state index contributed by atoms with van der Waals surface area (Å²) in [5.41, 5.74) is 1.41. The van der Waals surface area contributed by atoms with Crippen LogP contribution in [-0.4, -0.2) is 30.1 Å². The Morgan fingerprint density at radius 2 is 1.64 bits per heavy atom. The lowest BCUT2D eigenvalue weighted by Gasteiger charge is -2.23. The van der Waals surface area contributed by atoms with Gasteiger partial charge in [-0.15, -0.1) is 5.10 Å². The van der Waals surface area contributed by atoms with Gasteiger partial charge in [-0.05, 0) is 57.2 Å². The topological polar surface area (TPSA) is 77.6 Å². The van der Waals surface area contributed by atoms with Crippen molar-refractivity contribution in [2.24, 2.45) is 0 Å². The molecule has 7 nitrogen and oxygen atoms in total. The Labute approximate surface area is 166 Å².